The summed E-state index contributed by atoms with van der Waals surface area (Å²) < 4.78 is 0. The highest BCUT2D eigenvalue weighted by Gasteiger charge is 2.49. The van der Waals surface area contributed by atoms with Gasteiger partial charge in [-0.3, -0.25) is 0 Å². The van der Waals surface area contributed by atoms with Crippen LogP contribution in [-0.2, 0) is 4.79 Å². The summed E-state index contributed by atoms with van der Waals surface area (Å²) in [6.07, 6.45) is 5.15. The topological polar surface area (TPSA) is 17.1 Å². The van der Waals surface area contributed by atoms with E-state index in [-0.39, 0.29) is 0 Å². The molecule has 2 heteroatoms. The number of hydrogen-bond donors (Lipinski definition) is 0. The molecule has 1 nitrogen and oxygen atoms in total. The molecule has 4 atom stereocenters. The number of aldehydes is 1. The standard InChI is InChI=1S/C11H20OSi/c1-13(2,3)11-6-8-4-9(11)5-10(8)7-12/h7-11H,4-6H2,1-3H3. The Labute approximate surface area is 81.9 Å². The summed E-state index contributed by atoms with van der Waals surface area (Å²) in [6, 6.07) is 0. The first kappa shape index (κ1) is 9.44. The van der Waals surface area contributed by atoms with Crippen LogP contribution in [0.5, 0.6) is 0 Å². The third-order valence-corrected chi connectivity index (χ3v) is 7.13. The van der Waals surface area contributed by atoms with Gasteiger partial charge < -0.3 is 4.79 Å². The van der Waals surface area contributed by atoms with Crippen molar-refractivity contribution in [2.45, 2.75) is 44.4 Å². The summed E-state index contributed by atoms with van der Waals surface area (Å²) in [5, 5.41) is 0. The normalized spacial score (nSPS) is 43.9. The summed E-state index contributed by atoms with van der Waals surface area (Å²) >= 11 is 0. The van der Waals surface area contributed by atoms with Crippen LogP contribution in [-0.4, -0.2) is 14.4 Å². The Morgan fingerprint density at radius 2 is 1.77 bits per heavy atom. The van der Waals surface area contributed by atoms with Gasteiger partial charge in [0.15, 0.2) is 0 Å². The van der Waals surface area contributed by atoms with Gasteiger partial charge in [0.2, 0.25) is 0 Å². The maximum Gasteiger partial charge on any atom is 0.123 e. The lowest BCUT2D eigenvalue weighted by Crippen LogP contribution is -2.33. The molecule has 0 heterocycles. The SMILES string of the molecule is C[Si](C)(C)C1CC2CC1CC2C=O. The van der Waals surface area contributed by atoms with Crippen molar-refractivity contribution in [2.75, 3.05) is 0 Å². The van der Waals surface area contributed by atoms with Gasteiger partial charge in [0.25, 0.3) is 0 Å². The first-order chi connectivity index (χ1) is 6.02. The van der Waals surface area contributed by atoms with E-state index >= 15 is 0 Å². The van der Waals surface area contributed by atoms with E-state index in [1.54, 1.807) is 0 Å². The molecular weight excluding hydrogens is 176 g/mol. The van der Waals surface area contributed by atoms with E-state index < -0.39 is 8.07 Å². The molecule has 0 radical (unpaired) electrons. The van der Waals surface area contributed by atoms with Gasteiger partial charge in [-0.25, -0.2) is 0 Å². The average Bonchev–Trinajstić information content (AvgIpc) is 2.59. The van der Waals surface area contributed by atoms with Gasteiger partial charge in [-0.15, -0.1) is 0 Å². The molecule has 2 saturated carbocycles. The highest BCUT2D eigenvalue weighted by Crippen LogP contribution is 2.57. The van der Waals surface area contributed by atoms with E-state index in [4.69, 9.17) is 0 Å². The van der Waals surface area contributed by atoms with Gasteiger partial charge in [-0.1, -0.05) is 19.6 Å². The summed E-state index contributed by atoms with van der Waals surface area (Å²) in [6.45, 7) is 7.44. The van der Waals surface area contributed by atoms with Crippen molar-refractivity contribution in [1.29, 1.82) is 0 Å². The zero-order valence-electron chi connectivity index (χ0n) is 8.92. The minimum Gasteiger partial charge on any atom is -0.303 e. The molecule has 0 N–H and O–H groups in total. The molecule has 2 bridgehead atoms. The zero-order valence-corrected chi connectivity index (χ0v) is 9.92. The van der Waals surface area contributed by atoms with Crippen LogP contribution in [0, 0.1) is 17.8 Å². The molecule has 2 aliphatic carbocycles. The highest BCUT2D eigenvalue weighted by atomic mass is 28.3. The summed E-state index contributed by atoms with van der Waals surface area (Å²) in [5.41, 5.74) is 1.01. The first-order valence-corrected chi connectivity index (χ1v) is 9.05. The number of hydrogen-bond acceptors (Lipinski definition) is 1. The van der Waals surface area contributed by atoms with E-state index in [1.807, 2.05) is 0 Å². The lowest BCUT2D eigenvalue weighted by molar-refractivity contribution is -0.112. The average molecular weight is 196 g/mol. The van der Waals surface area contributed by atoms with Crippen LogP contribution in [0.15, 0.2) is 0 Å². The van der Waals surface area contributed by atoms with Crippen LogP contribution in [0.4, 0.5) is 0 Å². The Morgan fingerprint density at radius 3 is 2.15 bits per heavy atom. The van der Waals surface area contributed by atoms with Crippen molar-refractivity contribution in [3.63, 3.8) is 0 Å². The van der Waals surface area contributed by atoms with Gasteiger partial charge in [0, 0.05) is 14.0 Å². The monoisotopic (exact) mass is 196 g/mol. The minimum absolute atomic E-state index is 0.428. The Bertz CT molecular complexity index is 219. The quantitative estimate of drug-likeness (QED) is 0.490. The summed E-state index contributed by atoms with van der Waals surface area (Å²) in [7, 11) is -0.936. The lowest BCUT2D eigenvalue weighted by atomic mass is 9.90. The van der Waals surface area contributed by atoms with Crippen molar-refractivity contribution < 1.29 is 4.79 Å². The largest absolute Gasteiger partial charge is 0.303 e. The van der Waals surface area contributed by atoms with E-state index in [9.17, 15) is 4.79 Å². The molecule has 0 aliphatic heterocycles. The van der Waals surface area contributed by atoms with Crippen LogP contribution in [0.3, 0.4) is 0 Å². The molecular formula is C11H20OSi. The van der Waals surface area contributed by atoms with Crippen molar-refractivity contribution >= 4 is 14.4 Å². The predicted molar refractivity (Wildman–Crippen MR) is 57.5 cm³/mol. The van der Waals surface area contributed by atoms with Crippen molar-refractivity contribution in [2.24, 2.45) is 17.8 Å². The fraction of sp³-hybridized carbons (Fsp3) is 0.909. The fourth-order valence-corrected chi connectivity index (χ4v) is 6.24. The molecule has 2 aliphatic rings. The predicted octanol–water partition coefficient (Wildman–Crippen LogP) is 2.94. The number of rotatable bonds is 2. The van der Waals surface area contributed by atoms with E-state index in [2.05, 4.69) is 19.6 Å². The van der Waals surface area contributed by atoms with Crippen LogP contribution in [0.2, 0.25) is 25.2 Å². The van der Waals surface area contributed by atoms with Gasteiger partial charge in [-0.05, 0) is 36.6 Å². The van der Waals surface area contributed by atoms with Crippen molar-refractivity contribution in [1.82, 2.24) is 0 Å². The molecule has 0 aromatic heterocycles. The first-order valence-electron chi connectivity index (χ1n) is 5.47. The summed E-state index contributed by atoms with van der Waals surface area (Å²) in [4.78, 5) is 10.8. The molecule has 74 valence electrons. The molecule has 0 saturated heterocycles. The number of carbonyl (C=O) groups excluding carboxylic acids is 1. The smallest absolute Gasteiger partial charge is 0.123 e. The summed E-state index contributed by atoms with van der Waals surface area (Å²) in [5.74, 6) is 2.10. The lowest BCUT2D eigenvalue weighted by Gasteiger charge is -2.34. The third-order valence-electron chi connectivity index (χ3n) is 4.20. The van der Waals surface area contributed by atoms with E-state index in [0.29, 0.717) is 5.92 Å². The maximum atomic E-state index is 10.8. The second kappa shape index (κ2) is 2.94. The highest BCUT2D eigenvalue weighted by molar-refractivity contribution is 6.77. The zero-order chi connectivity index (χ0) is 9.64. The molecule has 2 fully saturated rings. The number of carbonyl (C=O) groups is 1. The molecule has 13 heavy (non-hydrogen) atoms. The Kier molecular flexibility index (Phi) is 2.14. The third kappa shape index (κ3) is 1.49. The Balaban J connectivity index is 2.07. The van der Waals surface area contributed by atoms with Crippen LogP contribution >= 0.6 is 0 Å². The Hall–Kier alpha value is -0.113. The van der Waals surface area contributed by atoms with Crippen molar-refractivity contribution in [3.8, 4) is 0 Å². The van der Waals surface area contributed by atoms with Gasteiger partial charge in [0.05, 0.1) is 0 Å². The van der Waals surface area contributed by atoms with Crippen LogP contribution in [0.25, 0.3) is 0 Å². The molecule has 4 unspecified atom stereocenters. The van der Waals surface area contributed by atoms with Gasteiger partial charge in [0.1, 0.15) is 6.29 Å². The van der Waals surface area contributed by atoms with Crippen molar-refractivity contribution in [3.05, 3.63) is 0 Å². The Morgan fingerprint density at radius 1 is 1.08 bits per heavy atom. The second-order valence-electron chi connectivity index (χ2n) is 6.00. The molecule has 0 amide bonds. The number of fused-ring (bicyclic) bond motifs is 2. The molecule has 0 aromatic rings. The molecule has 0 aromatic carbocycles. The van der Waals surface area contributed by atoms with Gasteiger partial charge in [-0.2, -0.15) is 0 Å². The minimum atomic E-state index is -0.936. The van der Waals surface area contributed by atoms with E-state index in [1.165, 1.54) is 25.5 Å². The van der Waals surface area contributed by atoms with Crippen LogP contribution < -0.4 is 0 Å². The van der Waals surface area contributed by atoms with Crippen LogP contribution in [0.1, 0.15) is 19.3 Å². The second-order valence-corrected chi connectivity index (χ2v) is 11.5. The van der Waals surface area contributed by atoms with E-state index in [0.717, 1.165) is 17.4 Å². The maximum absolute atomic E-state index is 10.8. The molecule has 2 rings (SSSR count). The molecule has 0 spiro atoms. The van der Waals surface area contributed by atoms with Gasteiger partial charge >= 0.3 is 0 Å². The fourth-order valence-electron chi connectivity index (χ4n) is 3.55.